The predicted molar refractivity (Wildman–Crippen MR) is 53.3 cm³/mol. The fraction of sp³-hybridized carbons (Fsp3) is 0.556. The van der Waals surface area contributed by atoms with Crippen LogP contribution < -0.4 is 0 Å². The van der Waals surface area contributed by atoms with E-state index in [1.165, 1.54) is 6.20 Å². The third-order valence-corrected chi connectivity index (χ3v) is 2.61. The van der Waals surface area contributed by atoms with Gasteiger partial charge >= 0.3 is 5.97 Å². The van der Waals surface area contributed by atoms with Gasteiger partial charge in [-0.05, 0) is 6.42 Å². The van der Waals surface area contributed by atoms with Crippen molar-refractivity contribution in [2.45, 2.75) is 19.8 Å². The Morgan fingerprint density at radius 1 is 1.79 bits per heavy atom. The molecule has 1 atom stereocenters. The van der Waals surface area contributed by atoms with E-state index in [0.29, 0.717) is 17.9 Å². The van der Waals surface area contributed by atoms with Crippen molar-refractivity contribution < 1.29 is 9.90 Å². The molecule has 1 rings (SSSR count). The normalized spacial score (nSPS) is 12.8. The molecule has 0 fully saturated rings. The third-order valence-electron chi connectivity index (χ3n) is 2.29. The summed E-state index contributed by atoms with van der Waals surface area (Å²) in [7, 11) is 1.76. The molecule has 0 aromatic carbocycles. The summed E-state index contributed by atoms with van der Waals surface area (Å²) in [6.07, 6.45) is 2.56. The average Bonchev–Trinajstić information content (AvgIpc) is 2.43. The first-order chi connectivity index (χ1) is 6.56. The van der Waals surface area contributed by atoms with Gasteiger partial charge in [0.15, 0.2) is 0 Å². The maximum absolute atomic E-state index is 10.8. The molecule has 0 bridgehead atoms. The van der Waals surface area contributed by atoms with Crippen LogP contribution in [0, 0.1) is 5.92 Å². The van der Waals surface area contributed by atoms with Crippen LogP contribution in [0.15, 0.2) is 6.20 Å². The van der Waals surface area contributed by atoms with E-state index >= 15 is 0 Å². The largest absolute Gasteiger partial charge is 0.481 e. The summed E-state index contributed by atoms with van der Waals surface area (Å²) in [5.41, 5.74) is 0.779. The average molecular weight is 217 g/mol. The van der Waals surface area contributed by atoms with Gasteiger partial charge < -0.3 is 5.11 Å². The Morgan fingerprint density at radius 2 is 2.43 bits per heavy atom. The first-order valence-electron chi connectivity index (χ1n) is 4.45. The minimum Gasteiger partial charge on any atom is -0.481 e. The molecular formula is C9H13ClN2O2. The summed E-state index contributed by atoms with van der Waals surface area (Å²) in [5, 5.41) is 13.4. The van der Waals surface area contributed by atoms with Gasteiger partial charge in [-0.2, -0.15) is 5.10 Å². The molecule has 0 aliphatic carbocycles. The molecule has 1 N–H and O–H groups in total. The Hall–Kier alpha value is -1.03. The molecular weight excluding hydrogens is 204 g/mol. The van der Waals surface area contributed by atoms with Crippen molar-refractivity contribution in [1.82, 2.24) is 9.78 Å². The molecule has 1 aromatic rings. The molecule has 1 heterocycles. The quantitative estimate of drug-likeness (QED) is 0.834. The molecule has 5 heteroatoms. The first-order valence-corrected chi connectivity index (χ1v) is 4.83. The van der Waals surface area contributed by atoms with Gasteiger partial charge in [-0.15, -0.1) is 0 Å². The van der Waals surface area contributed by atoms with Crippen molar-refractivity contribution in [3.05, 3.63) is 16.9 Å². The van der Waals surface area contributed by atoms with Gasteiger partial charge in [0.25, 0.3) is 0 Å². The molecule has 1 aromatic heterocycles. The van der Waals surface area contributed by atoms with Gasteiger partial charge in [0, 0.05) is 13.5 Å². The highest BCUT2D eigenvalue weighted by molar-refractivity contribution is 6.31. The van der Waals surface area contributed by atoms with E-state index in [2.05, 4.69) is 5.10 Å². The lowest BCUT2D eigenvalue weighted by atomic mass is 10.0. The molecule has 4 nitrogen and oxygen atoms in total. The molecule has 0 aliphatic heterocycles. The van der Waals surface area contributed by atoms with E-state index in [4.69, 9.17) is 16.7 Å². The highest BCUT2D eigenvalue weighted by atomic mass is 35.5. The minimum atomic E-state index is -0.787. The van der Waals surface area contributed by atoms with E-state index in [9.17, 15) is 4.79 Å². The number of halogens is 1. The molecule has 14 heavy (non-hydrogen) atoms. The Bertz CT molecular complexity index is 316. The smallest absolute Gasteiger partial charge is 0.306 e. The van der Waals surface area contributed by atoms with Crippen LogP contribution in [0.2, 0.25) is 5.02 Å². The highest BCUT2D eigenvalue weighted by Gasteiger charge is 2.19. The zero-order valence-electron chi connectivity index (χ0n) is 8.20. The van der Waals surface area contributed by atoms with E-state index in [1.54, 1.807) is 11.7 Å². The van der Waals surface area contributed by atoms with Crippen molar-refractivity contribution >= 4 is 17.6 Å². The van der Waals surface area contributed by atoms with Crippen molar-refractivity contribution in [3.63, 3.8) is 0 Å². The van der Waals surface area contributed by atoms with Crippen molar-refractivity contribution in [2.24, 2.45) is 13.0 Å². The number of hydrogen-bond acceptors (Lipinski definition) is 2. The van der Waals surface area contributed by atoms with Gasteiger partial charge in [-0.25, -0.2) is 0 Å². The van der Waals surface area contributed by atoms with Gasteiger partial charge in [-0.1, -0.05) is 18.5 Å². The van der Waals surface area contributed by atoms with Crippen LogP contribution in [-0.4, -0.2) is 20.9 Å². The minimum absolute atomic E-state index is 0.386. The zero-order valence-corrected chi connectivity index (χ0v) is 8.95. The van der Waals surface area contributed by atoms with Crippen molar-refractivity contribution in [1.29, 1.82) is 0 Å². The van der Waals surface area contributed by atoms with Crippen LogP contribution in [0.5, 0.6) is 0 Å². The standard InChI is InChI=1S/C9H13ClN2O2/c1-3-6(9(13)14)4-8-7(10)5-11-12(8)2/h5-6H,3-4H2,1-2H3,(H,13,14). The molecule has 0 spiro atoms. The molecule has 0 radical (unpaired) electrons. The van der Waals surface area contributed by atoms with Crippen molar-refractivity contribution in [3.8, 4) is 0 Å². The monoisotopic (exact) mass is 216 g/mol. The summed E-state index contributed by atoms with van der Waals surface area (Å²) in [5.74, 6) is -1.17. The second kappa shape index (κ2) is 4.46. The van der Waals surface area contributed by atoms with Crippen LogP contribution in [0.1, 0.15) is 19.0 Å². The number of hydrogen-bond donors (Lipinski definition) is 1. The predicted octanol–water partition coefficient (Wildman–Crippen LogP) is 1.73. The number of nitrogens with zero attached hydrogens (tertiary/aromatic N) is 2. The number of rotatable bonds is 4. The second-order valence-electron chi connectivity index (χ2n) is 3.21. The summed E-state index contributed by atoms with van der Waals surface area (Å²) in [6, 6.07) is 0. The lowest BCUT2D eigenvalue weighted by Crippen LogP contribution is -2.17. The molecule has 0 saturated carbocycles. The SMILES string of the molecule is CCC(Cc1c(Cl)cnn1C)C(=O)O. The van der Waals surface area contributed by atoms with Crippen molar-refractivity contribution in [2.75, 3.05) is 0 Å². The van der Waals surface area contributed by atoms with Gasteiger partial charge in [0.2, 0.25) is 0 Å². The third kappa shape index (κ3) is 2.26. The number of carboxylic acids is 1. The Balaban J connectivity index is 2.81. The summed E-state index contributed by atoms with van der Waals surface area (Å²) < 4.78 is 1.62. The second-order valence-corrected chi connectivity index (χ2v) is 3.62. The highest BCUT2D eigenvalue weighted by Crippen LogP contribution is 2.19. The number of aliphatic carboxylic acids is 1. The van der Waals surface area contributed by atoms with Gasteiger partial charge in [0.1, 0.15) is 0 Å². The maximum atomic E-state index is 10.8. The lowest BCUT2D eigenvalue weighted by molar-refractivity contribution is -0.141. The number of carbonyl (C=O) groups is 1. The van der Waals surface area contributed by atoms with Gasteiger partial charge in [0.05, 0.1) is 22.8 Å². The summed E-state index contributed by atoms with van der Waals surface area (Å²) in [4.78, 5) is 10.8. The topological polar surface area (TPSA) is 55.1 Å². The molecule has 1 unspecified atom stereocenters. The van der Waals surface area contributed by atoms with E-state index < -0.39 is 5.97 Å². The van der Waals surface area contributed by atoms with Crippen LogP contribution in [0.4, 0.5) is 0 Å². The van der Waals surface area contributed by atoms with Crippen LogP contribution >= 0.6 is 11.6 Å². The molecule has 0 amide bonds. The van der Waals surface area contributed by atoms with E-state index in [0.717, 1.165) is 5.69 Å². The molecule has 0 saturated heterocycles. The number of carboxylic acid groups (broad SMARTS) is 1. The maximum Gasteiger partial charge on any atom is 0.306 e. The zero-order chi connectivity index (χ0) is 10.7. The lowest BCUT2D eigenvalue weighted by Gasteiger charge is -2.09. The van der Waals surface area contributed by atoms with E-state index in [1.807, 2.05) is 6.92 Å². The molecule has 0 aliphatic rings. The Morgan fingerprint density at radius 3 is 2.79 bits per heavy atom. The molecule has 78 valence electrons. The first kappa shape index (κ1) is 11.0. The van der Waals surface area contributed by atoms with Crippen LogP contribution in [0.3, 0.4) is 0 Å². The van der Waals surface area contributed by atoms with Gasteiger partial charge in [-0.3, -0.25) is 9.48 Å². The Labute approximate surface area is 87.5 Å². The number of aryl methyl sites for hydroxylation is 1. The van der Waals surface area contributed by atoms with Crippen LogP contribution in [-0.2, 0) is 18.3 Å². The van der Waals surface area contributed by atoms with Crippen LogP contribution in [0.25, 0.3) is 0 Å². The fourth-order valence-electron chi connectivity index (χ4n) is 1.31. The number of aromatic nitrogens is 2. The fourth-order valence-corrected chi connectivity index (χ4v) is 1.55. The van der Waals surface area contributed by atoms with E-state index in [-0.39, 0.29) is 5.92 Å². The summed E-state index contributed by atoms with van der Waals surface area (Å²) in [6.45, 7) is 1.85. The summed E-state index contributed by atoms with van der Waals surface area (Å²) >= 11 is 5.87. The Kier molecular flexibility index (Phi) is 3.52.